The number of para-hydroxylation sites is 1. The number of aromatic nitrogens is 1. The fourth-order valence-corrected chi connectivity index (χ4v) is 3.40. The highest BCUT2D eigenvalue weighted by atomic mass is 19.1. The molecule has 0 radical (unpaired) electrons. The Hall–Kier alpha value is -2.83. The number of hydrogen-bond donors (Lipinski definition) is 2. The molecule has 1 aliphatic heterocycles. The highest BCUT2D eigenvalue weighted by Gasteiger charge is 2.21. The number of unbranched alkanes of at least 4 members (excludes halogenated alkanes) is 1. The summed E-state index contributed by atoms with van der Waals surface area (Å²) in [5.41, 5.74) is 0.689. The number of pyridine rings is 1. The number of anilines is 2. The molecule has 1 saturated heterocycles. The molecular weight excluding hydrogens is 367 g/mol. The predicted molar refractivity (Wildman–Crippen MR) is 118 cm³/mol. The molecule has 1 fully saturated rings. The van der Waals surface area contributed by atoms with E-state index >= 15 is 0 Å². The second-order valence-corrected chi connectivity index (χ2v) is 7.01. The Bertz CT molecular complexity index is 759. The molecular formula is C22H31FN6. The molecule has 0 atom stereocenters. The summed E-state index contributed by atoms with van der Waals surface area (Å²) in [5.74, 6) is 1.72. The van der Waals surface area contributed by atoms with Gasteiger partial charge in [0, 0.05) is 52.0 Å². The summed E-state index contributed by atoms with van der Waals surface area (Å²) < 4.78 is 14.0. The van der Waals surface area contributed by atoms with Crippen LogP contribution in [0.3, 0.4) is 0 Å². The number of piperazine rings is 1. The molecule has 0 spiro atoms. The molecule has 1 aliphatic rings. The van der Waals surface area contributed by atoms with Gasteiger partial charge in [-0.3, -0.25) is 4.99 Å². The molecule has 1 aromatic heterocycles. The van der Waals surface area contributed by atoms with Crippen molar-refractivity contribution in [1.29, 1.82) is 0 Å². The maximum absolute atomic E-state index is 14.0. The Morgan fingerprint density at radius 2 is 1.86 bits per heavy atom. The van der Waals surface area contributed by atoms with Crippen LogP contribution in [0.4, 0.5) is 15.9 Å². The van der Waals surface area contributed by atoms with E-state index in [-0.39, 0.29) is 5.82 Å². The van der Waals surface area contributed by atoms with E-state index in [1.165, 1.54) is 6.07 Å². The standard InChI is InChI=1S/C22H31FN6/c1-2-24-22(27-14-8-7-13-26-21-11-5-6-12-25-21)29-17-15-28(16-18-29)20-10-4-3-9-19(20)23/h3-6,9-12H,2,7-8,13-18H2,1H3,(H,24,27)(H,25,26). The van der Waals surface area contributed by atoms with Crippen molar-refractivity contribution in [2.24, 2.45) is 4.99 Å². The summed E-state index contributed by atoms with van der Waals surface area (Å²) in [4.78, 5) is 13.4. The number of aliphatic imine (C=N–C) groups is 1. The van der Waals surface area contributed by atoms with Crippen LogP contribution in [0.15, 0.2) is 53.7 Å². The van der Waals surface area contributed by atoms with Crippen LogP contribution in [0.5, 0.6) is 0 Å². The second kappa shape index (κ2) is 11.2. The Morgan fingerprint density at radius 3 is 2.59 bits per heavy atom. The van der Waals surface area contributed by atoms with Gasteiger partial charge in [-0.2, -0.15) is 0 Å². The Labute approximate surface area is 172 Å². The molecule has 29 heavy (non-hydrogen) atoms. The van der Waals surface area contributed by atoms with Gasteiger partial charge in [0.1, 0.15) is 11.6 Å². The van der Waals surface area contributed by atoms with Gasteiger partial charge in [0.05, 0.1) is 5.69 Å². The van der Waals surface area contributed by atoms with Crippen molar-refractivity contribution < 1.29 is 4.39 Å². The third kappa shape index (κ3) is 6.34. The van der Waals surface area contributed by atoms with Crippen LogP contribution in [0.25, 0.3) is 0 Å². The molecule has 0 aliphatic carbocycles. The minimum absolute atomic E-state index is 0.152. The minimum Gasteiger partial charge on any atom is -0.370 e. The number of benzene rings is 1. The van der Waals surface area contributed by atoms with Crippen LogP contribution in [0, 0.1) is 5.82 Å². The Balaban J connectivity index is 1.42. The largest absolute Gasteiger partial charge is 0.370 e. The molecule has 2 N–H and O–H groups in total. The van der Waals surface area contributed by atoms with Gasteiger partial charge < -0.3 is 20.4 Å². The van der Waals surface area contributed by atoms with Gasteiger partial charge in [-0.15, -0.1) is 0 Å². The fourth-order valence-electron chi connectivity index (χ4n) is 3.40. The highest BCUT2D eigenvalue weighted by molar-refractivity contribution is 5.80. The van der Waals surface area contributed by atoms with Crippen molar-refractivity contribution in [3.8, 4) is 0 Å². The van der Waals surface area contributed by atoms with E-state index in [1.807, 2.05) is 30.3 Å². The van der Waals surface area contributed by atoms with Crippen molar-refractivity contribution in [3.63, 3.8) is 0 Å². The van der Waals surface area contributed by atoms with E-state index in [2.05, 4.69) is 32.3 Å². The smallest absolute Gasteiger partial charge is 0.194 e. The van der Waals surface area contributed by atoms with Gasteiger partial charge in [-0.25, -0.2) is 9.37 Å². The van der Waals surface area contributed by atoms with Crippen LogP contribution in [0.2, 0.25) is 0 Å². The summed E-state index contributed by atoms with van der Waals surface area (Å²) in [6.07, 6.45) is 3.85. The first kappa shape index (κ1) is 20.9. The van der Waals surface area contributed by atoms with E-state index < -0.39 is 0 Å². The van der Waals surface area contributed by atoms with Gasteiger partial charge in [-0.05, 0) is 44.0 Å². The lowest BCUT2D eigenvalue weighted by Gasteiger charge is -2.37. The second-order valence-electron chi connectivity index (χ2n) is 7.01. The molecule has 7 heteroatoms. The zero-order valence-corrected chi connectivity index (χ0v) is 17.1. The molecule has 2 aromatic rings. The normalized spacial score (nSPS) is 14.8. The molecule has 0 amide bonds. The topological polar surface area (TPSA) is 55.8 Å². The third-order valence-electron chi connectivity index (χ3n) is 4.92. The molecule has 2 heterocycles. The van der Waals surface area contributed by atoms with Crippen molar-refractivity contribution in [2.45, 2.75) is 19.8 Å². The van der Waals surface area contributed by atoms with E-state index in [0.717, 1.165) is 70.4 Å². The Morgan fingerprint density at radius 1 is 1.07 bits per heavy atom. The summed E-state index contributed by atoms with van der Waals surface area (Å²) in [5, 5.41) is 6.72. The number of guanidine groups is 1. The van der Waals surface area contributed by atoms with Gasteiger partial charge >= 0.3 is 0 Å². The first-order valence-electron chi connectivity index (χ1n) is 10.5. The lowest BCUT2D eigenvalue weighted by atomic mass is 10.2. The fraction of sp³-hybridized carbons (Fsp3) is 0.455. The molecule has 0 unspecified atom stereocenters. The highest BCUT2D eigenvalue weighted by Crippen LogP contribution is 2.20. The number of hydrogen-bond acceptors (Lipinski definition) is 4. The SMILES string of the molecule is CCNC(=NCCCCNc1ccccn1)N1CCN(c2ccccc2F)CC1. The maximum atomic E-state index is 14.0. The van der Waals surface area contributed by atoms with Crippen molar-refractivity contribution in [1.82, 2.24) is 15.2 Å². The van der Waals surface area contributed by atoms with E-state index in [4.69, 9.17) is 4.99 Å². The monoisotopic (exact) mass is 398 g/mol. The first-order valence-corrected chi connectivity index (χ1v) is 10.5. The van der Waals surface area contributed by atoms with Gasteiger partial charge in [0.2, 0.25) is 0 Å². The zero-order chi connectivity index (χ0) is 20.3. The number of rotatable bonds is 8. The maximum Gasteiger partial charge on any atom is 0.194 e. The number of nitrogens with zero attached hydrogens (tertiary/aromatic N) is 4. The lowest BCUT2D eigenvalue weighted by molar-refractivity contribution is 0.370. The first-order chi connectivity index (χ1) is 14.3. The zero-order valence-electron chi connectivity index (χ0n) is 17.1. The summed E-state index contributed by atoms with van der Waals surface area (Å²) in [7, 11) is 0. The third-order valence-corrected chi connectivity index (χ3v) is 4.92. The molecule has 0 saturated carbocycles. The Kier molecular flexibility index (Phi) is 8.10. The van der Waals surface area contributed by atoms with E-state index in [9.17, 15) is 4.39 Å². The van der Waals surface area contributed by atoms with Crippen LogP contribution in [0.1, 0.15) is 19.8 Å². The van der Waals surface area contributed by atoms with Crippen LogP contribution < -0.4 is 15.5 Å². The average Bonchev–Trinajstić information content (AvgIpc) is 2.77. The quantitative estimate of drug-likeness (QED) is 0.406. The minimum atomic E-state index is -0.152. The lowest BCUT2D eigenvalue weighted by Crippen LogP contribution is -2.52. The van der Waals surface area contributed by atoms with E-state index in [0.29, 0.717) is 5.69 Å². The molecule has 1 aromatic carbocycles. The molecule has 3 rings (SSSR count). The van der Waals surface area contributed by atoms with Crippen molar-refractivity contribution in [3.05, 3.63) is 54.5 Å². The predicted octanol–water partition coefficient (Wildman–Crippen LogP) is 3.20. The number of nitrogens with one attached hydrogen (secondary N) is 2. The van der Waals surface area contributed by atoms with Crippen LogP contribution in [-0.4, -0.2) is 61.7 Å². The summed E-state index contributed by atoms with van der Waals surface area (Å²) in [6, 6.07) is 12.9. The molecule has 0 bridgehead atoms. The van der Waals surface area contributed by atoms with Gasteiger partial charge in [0.25, 0.3) is 0 Å². The number of halogens is 1. The van der Waals surface area contributed by atoms with Gasteiger partial charge in [0.15, 0.2) is 5.96 Å². The molecule has 156 valence electrons. The van der Waals surface area contributed by atoms with E-state index in [1.54, 1.807) is 12.3 Å². The molecule has 6 nitrogen and oxygen atoms in total. The van der Waals surface area contributed by atoms with Gasteiger partial charge in [-0.1, -0.05) is 18.2 Å². The van der Waals surface area contributed by atoms with Crippen LogP contribution >= 0.6 is 0 Å². The van der Waals surface area contributed by atoms with Crippen LogP contribution in [-0.2, 0) is 0 Å². The van der Waals surface area contributed by atoms with Crippen molar-refractivity contribution in [2.75, 3.05) is 56.0 Å². The summed E-state index contributed by atoms with van der Waals surface area (Å²) >= 11 is 0. The van der Waals surface area contributed by atoms with Crippen molar-refractivity contribution >= 4 is 17.5 Å². The average molecular weight is 399 g/mol. The summed E-state index contributed by atoms with van der Waals surface area (Å²) in [6.45, 7) is 7.86.